The van der Waals surface area contributed by atoms with E-state index >= 15 is 0 Å². The van der Waals surface area contributed by atoms with Crippen LogP contribution in [0.25, 0.3) is 0 Å². The molecule has 1 N–H and O–H groups in total. The number of anilines is 1. The molecule has 0 bridgehead atoms. The van der Waals surface area contributed by atoms with Crippen LogP contribution in [0.2, 0.25) is 0 Å². The molecule has 0 amide bonds. The zero-order valence-electron chi connectivity index (χ0n) is 17.3. The van der Waals surface area contributed by atoms with Gasteiger partial charge in [0.05, 0.1) is 20.8 Å². The van der Waals surface area contributed by atoms with E-state index in [2.05, 4.69) is 40.7 Å². The lowest BCUT2D eigenvalue weighted by molar-refractivity contribution is -0.661. The van der Waals surface area contributed by atoms with E-state index < -0.39 is 5.72 Å². The molecule has 0 spiro atoms. The van der Waals surface area contributed by atoms with Gasteiger partial charge in [-0.25, -0.2) is 9.48 Å². The van der Waals surface area contributed by atoms with E-state index in [1.807, 2.05) is 18.2 Å². The molecule has 4 rings (SSSR count). The number of rotatable bonds is 5. The van der Waals surface area contributed by atoms with Crippen molar-refractivity contribution in [1.29, 1.82) is 0 Å². The third-order valence-corrected chi connectivity index (χ3v) is 5.98. The molecule has 156 valence electrons. The summed E-state index contributed by atoms with van der Waals surface area (Å²) in [5.74, 6) is 2.51. The highest BCUT2D eigenvalue weighted by Crippen LogP contribution is 2.39. The molecule has 0 aliphatic carbocycles. The number of ether oxygens (including phenoxy) is 2. The Balaban J connectivity index is 0.00000240. The van der Waals surface area contributed by atoms with Crippen LogP contribution in [0.1, 0.15) is 37.3 Å². The number of nitrogens with zero attached hydrogens (tertiary/aromatic N) is 2. The van der Waals surface area contributed by atoms with E-state index in [0.717, 1.165) is 43.5 Å². The minimum Gasteiger partial charge on any atom is -1.00 e. The van der Waals surface area contributed by atoms with Crippen molar-refractivity contribution in [3.05, 3.63) is 53.6 Å². The minimum absolute atomic E-state index is 0. The molecule has 6 heteroatoms. The molecule has 0 saturated heterocycles. The molecule has 2 heterocycles. The number of aryl methyl sites for hydroxylation is 1. The number of benzene rings is 2. The Kier molecular flexibility index (Phi) is 6.54. The number of aliphatic hydroxyl groups is 1. The van der Waals surface area contributed by atoms with Crippen LogP contribution in [0.3, 0.4) is 0 Å². The highest BCUT2D eigenvalue weighted by molar-refractivity contribution is 5.96. The summed E-state index contributed by atoms with van der Waals surface area (Å²) >= 11 is 0. The monoisotopic (exact) mass is 460 g/mol. The molecule has 29 heavy (non-hydrogen) atoms. The maximum Gasteiger partial charge on any atom is 0.271 e. The van der Waals surface area contributed by atoms with Crippen LogP contribution in [0.4, 0.5) is 5.69 Å². The first kappa shape index (κ1) is 21.7. The summed E-state index contributed by atoms with van der Waals surface area (Å²) in [4.78, 5) is 2.27. The second kappa shape index (κ2) is 8.76. The Hall–Kier alpha value is -2.05. The average molecular weight is 461 g/mol. The number of methoxy groups -OCH3 is 2. The second-order valence-electron chi connectivity index (χ2n) is 7.52. The minimum atomic E-state index is -1.08. The first-order valence-electron chi connectivity index (χ1n) is 10.1. The van der Waals surface area contributed by atoms with Gasteiger partial charge in [0.25, 0.3) is 11.6 Å². The van der Waals surface area contributed by atoms with Gasteiger partial charge in [0.1, 0.15) is 5.69 Å². The average Bonchev–Trinajstić information content (AvgIpc) is 3.07. The van der Waals surface area contributed by atoms with Crippen molar-refractivity contribution in [1.82, 2.24) is 0 Å². The molecule has 0 fully saturated rings. The normalized spacial score (nSPS) is 20.9. The smallest absolute Gasteiger partial charge is 0.271 e. The fourth-order valence-electron chi connectivity index (χ4n) is 4.38. The first-order chi connectivity index (χ1) is 13.6. The van der Waals surface area contributed by atoms with Crippen molar-refractivity contribution < 1.29 is 36.1 Å². The van der Waals surface area contributed by atoms with E-state index in [9.17, 15) is 5.11 Å². The fraction of sp³-hybridized carbons (Fsp3) is 0.435. The third-order valence-electron chi connectivity index (χ3n) is 5.98. The Morgan fingerprint density at radius 2 is 1.76 bits per heavy atom. The fourth-order valence-corrected chi connectivity index (χ4v) is 4.38. The van der Waals surface area contributed by atoms with Gasteiger partial charge in [-0.05, 0) is 55.2 Å². The van der Waals surface area contributed by atoms with E-state index in [4.69, 9.17) is 9.47 Å². The summed E-state index contributed by atoms with van der Waals surface area (Å²) in [6.07, 6.45) is 4.24. The largest absolute Gasteiger partial charge is 1.00 e. The van der Waals surface area contributed by atoms with Crippen LogP contribution >= 0.6 is 0 Å². The Morgan fingerprint density at radius 1 is 1.03 bits per heavy atom. The van der Waals surface area contributed by atoms with Crippen LogP contribution in [-0.2, 0) is 12.1 Å². The van der Waals surface area contributed by atoms with E-state index in [1.54, 1.807) is 14.2 Å². The number of hydrogen-bond acceptors (Lipinski definition) is 4. The maximum absolute atomic E-state index is 11.8. The molecule has 1 atom stereocenters. The number of β-amino-alcohol motifs (C(OH)–C–C–N with tert-alkyl or cyclic N) is 1. The summed E-state index contributed by atoms with van der Waals surface area (Å²) in [5, 5.41) is 11.8. The molecular weight excluding hydrogens is 432 g/mol. The van der Waals surface area contributed by atoms with Crippen LogP contribution in [0.15, 0.2) is 42.5 Å². The third kappa shape index (κ3) is 3.76. The highest BCUT2D eigenvalue weighted by atomic mass is 79.9. The zero-order chi connectivity index (χ0) is 19.7. The second-order valence-corrected chi connectivity index (χ2v) is 7.52. The molecule has 2 aliphatic rings. The van der Waals surface area contributed by atoms with Crippen LogP contribution in [0.5, 0.6) is 11.5 Å². The highest BCUT2D eigenvalue weighted by Gasteiger charge is 2.52. The summed E-state index contributed by atoms with van der Waals surface area (Å²) in [6, 6.07) is 14.4. The molecule has 0 aromatic heterocycles. The topological polar surface area (TPSA) is 44.9 Å². The molecule has 0 saturated carbocycles. The van der Waals surface area contributed by atoms with Crippen molar-refractivity contribution >= 4 is 11.5 Å². The van der Waals surface area contributed by atoms with Gasteiger partial charge in [-0.3, -0.25) is 0 Å². The summed E-state index contributed by atoms with van der Waals surface area (Å²) < 4.78 is 13.0. The van der Waals surface area contributed by atoms with Gasteiger partial charge >= 0.3 is 0 Å². The van der Waals surface area contributed by atoms with Crippen molar-refractivity contribution in [3.63, 3.8) is 0 Å². The van der Waals surface area contributed by atoms with Gasteiger partial charge in [0.15, 0.2) is 18.0 Å². The molecular formula is C23H29BrN2O3. The lowest BCUT2D eigenvalue weighted by Gasteiger charge is -2.25. The maximum atomic E-state index is 11.8. The van der Waals surface area contributed by atoms with E-state index in [1.165, 1.54) is 11.4 Å². The van der Waals surface area contributed by atoms with Gasteiger partial charge < -0.3 is 31.6 Å². The molecule has 1 unspecified atom stereocenters. The Labute approximate surface area is 183 Å². The van der Waals surface area contributed by atoms with E-state index in [-0.39, 0.29) is 17.0 Å². The van der Waals surface area contributed by atoms with Crippen molar-refractivity contribution in [2.24, 2.45) is 0 Å². The lowest BCUT2D eigenvalue weighted by Crippen LogP contribution is -3.00. The Bertz CT molecular complexity index is 897. The number of hydrogen-bond donors (Lipinski definition) is 1. The van der Waals surface area contributed by atoms with Gasteiger partial charge in [-0.15, -0.1) is 0 Å². The van der Waals surface area contributed by atoms with Gasteiger partial charge in [0, 0.05) is 12.0 Å². The van der Waals surface area contributed by atoms with Crippen LogP contribution < -0.4 is 31.4 Å². The van der Waals surface area contributed by atoms with Crippen molar-refractivity contribution in [2.45, 2.75) is 38.3 Å². The molecule has 2 aromatic carbocycles. The van der Waals surface area contributed by atoms with Gasteiger partial charge in [-0.2, -0.15) is 0 Å². The van der Waals surface area contributed by atoms with Crippen LogP contribution in [0, 0.1) is 0 Å². The lowest BCUT2D eigenvalue weighted by atomic mass is 10.0. The SMILES string of the molecule is CCc1ccc(N2CC(O)(c3ccc(OC)c(OC)c3)[N+]3=C2CCCC3)cc1.[Br-]. The zero-order valence-corrected chi connectivity index (χ0v) is 18.9. The molecule has 2 aliphatic heterocycles. The molecule has 5 nitrogen and oxygen atoms in total. The summed E-state index contributed by atoms with van der Waals surface area (Å²) in [7, 11) is 3.25. The van der Waals surface area contributed by atoms with Crippen molar-refractivity contribution in [2.75, 3.05) is 32.2 Å². The molecule has 2 aromatic rings. The van der Waals surface area contributed by atoms with Crippen LogP contribution in [-0.4, -0.2) is 42.8 Å². The van der Waals surface area contributed by atoms with E-state index in [0.29, 0.717) is 18.0 Å². The number of halogens is 1. The number of amidine groups is 1. The standard InChI is InChI=1S/C23H29N2O3.BrH/c1-4-17-8-11-19(12-9-17)24-16-23(26,25-14-6-5-7-22(24)25)18-10-13-20(27-2)21(15-18)28-3;/h8-13,15,26H,4-7,14,16H2,1-3H3;1H/q+1;/p-1. The summed E-state index contributed by atoms with van der Waals surface area (Å²) in [6.45, 7) is 3.52. The van der Waals surface area contributed by atoms with Gasteiger partial charge in [0.2, 0.25) is 0 Å². The van der Waals surface area contributed by atoms with Gasteiger partial charge in [-0.1, -0.05) is 19.1 Å². The molecule has 0 radical (unpaired) electrons. The predicted molar refractivity (Wildman–Crippen MR) is 111 cm³/mol. The summed E-state index contributed by atoms with van der Waals surface area (Å²) in [5.41, 5.74) is 2.20. The predicted octanol–water partition coefficient (Wildman–Crippen LogP) is 0.530. The Morgan fingerprint density at radius 3 is 2.41 bits per heavy atom. The first-order valence-corrected chi connectivity index (χ1v) is 10.1. The quantitative estimate of drug-likeness (QED) is 0.661. The van der Waals surface area contributed by atoms with Crippen molar-refractivity contribution in [3.8, 4) is 11.5 Å².